The van der Waals surface area contributed by atoms with Crippen LogP contribution < -0.4 is 14.8 Å². The summed E-state index contributed by atoms with van der Waals surface area (Å²) in [5.74, 6) is 1.62. The lowest BCUT2D eigenvalue weighted by Crippen LogP contribution is -2.11. The number of hydrogen-bond donors (Lipinski definition) is 1. The van der Waals surface area contributed by atoms with E-state index < -0.39 is 0 Å². The monoisotopic (exact) mass is 325 g/mol. The summed E-state index contributed by atoms with van der Waals surface area (Å²) < 4.78 is 11.7. The summed E-state index contributed by atoms with van der Waals surface area (Å²) >= 11 is 5.26. The molecule has 0 saturated heterocycles. The maximum atomic E-state index is 5.39. The van der Waals surface area contributed by atoms with Gasteiger partial charge in [-0.05, 0) is 45.1 Å². The van der Waals surface area contributed by atoms with Gasteiger partial charge in [0.2, 0.25) is 6.79 Å². The van der Waals surface area contributed by atoms with Crippen LogP contribution in [0.15, 0.2) is 34.1 Å². The van der Waals surface area contributed by atoms with Gasteiger partial charge < -0.3 is 14.8 Å². The Hall–Kier alpha value is -1.04. The Bertz CT molecular complexity index is 542. The number of nitrogens with one attached hydrogen (secondary N) is 1. The fourth-order valence-corrected chi connectivity index (χ4v) is 3.14. The molecule has 2 aromatic rings. The fraction of sp³-hybridized carbons (Fsp3) is 0.231. The molecule has 0 amide bonds. The minimum absolute atomic E-state index is 0.306. The van der Waals surface area contributed by atoms with Gasteiger partial charge in [-0.25, -0.2) is 0 Å². The Morgan fingerprint density at radius 2 is 2.22 bits per heavy atom. The number of rotatable bonds is 4. The normalized spacial score (nSPS) is 12.9. The third-order valence-corrected chi connectivity index (χ3v) is 4.16. The van der Waals surface area contributed by atoms with Crippen LogP contribution in [-0.2, 0) is 13.1 Å². The number of hydrogen-bond acceptors (Lipinski definition) is 4. The smallest absolute Gasteiger partial charge is 0.231 e. The van der Waals surface area contributed by atoms with Gasteiger partial charge in [0.05, 0.1) is 4.47 Å². The van der Waals surface area contributed by atoms with Crippen molar-refractivity contribution in [3.8, 4) is 11.5 Å². The molecule has 18 heavy (non-hydrogen) atoms. The molecule has 0 unspecified atom stereocenters. The third kappa shape index (κ3) is 2.53. The topological polar surface area (TPSA) is 30.5 Å². The van der Waals surface area contributed by atoms with Crippen molar-refractivity contribution < 1.29 is 9.47 Å². The van der Waals surface area contributed by atoms with Crippen molar-refractivity contribution in [1.29, 1.82) is 0 Å². The van der Waals surface area contributed by atoms with Gasteiger partial charge in [0.25, 0.3) is 0 Å². The van der Waals surface area contributed by atoms with Gasteiger partial charge in [0, 0.05) is 18.0 Å². The summed E-state index contributed by atoms with van der Waals surface area (Å²) in [4.78, 5) is 1.34. The first-order valence-electron chi connectivity index (χ1n) is 5.64. The highest BCUT2D eigenvalue weighted by Crippen LogP contribution is 2.39. The molecule has 1 N–H and O–H groups in total. The third-order valence-electron chi connectivity index (χ3n) is 2.70. The van der Waals surface area contributed by atoms with Crippen LogP contribution in [0.4, 0.5) is 0 Å². The maximum absolute atomic E-state index is 5.39. The Morgan fingerprint density at radius 1 is 1.28 bits per heavy atom. The van der Waals surface area contributed by atoms with Crippen LogP contribution in [0.5, 0.6) is 11.5 Å². The molecule has 0 atom stereocenters. The van der Waals surface area contributed by atoms with E-state index in [1.807, 2.05) is 6.07 Å². The highest BCUT2D eigenvalue weighted by atomic mass is 79.9. The molecule has 3 rings (SSSR count). The zero-order valence-corrected chi connectivity index (χ0v) is 12.0. The average Bonchev–Trinajstić information content (AvgIpc) is 2.99. The molecule has 1 aliphatic heterocycles. The van der Waals surface area contributed by atoms with E-state index in [-0.39, 0.29) is 0 Å². The zero-order chi connectivity index (χ0) is 12.4. The van der Waals surface area contributed by atoms with Crippen LogP contribution in [0.2, 0.25) is 0 Å². The lowest BCUT2D eigenvalue weighted by atomic mass is 10.2. The molecule has 1 aromatic carbocycles. The number of benzene rings is 1. The van der Waals surface area contributed by atoms with Crippen molar-refractivity contribution in [2.75, 3.05) is 6.79 Å². The van der Waals surface area contributed by atoms with E-state index in [0.29, 0.717) is 6.79 Å². The zero-order valence-electron chi connectivity index (χ0n) is 9.61. The van der Waals surface area contributed by atoms with E-state index in [1.165, 1.54) is 10.4 Å². The van der Waals surface area contributed by atoms with Crippen LogP contribution >= 0.6 is 27.3 Å². The van der Waals surface area contributed by atoms with E-state index >= 15 is 0 Å². The number of fused-ring (bicyclic) bond motifs is 1. The standard InChI is InChI=1S/C13H12BrNO2S/c14-11-4-9(5-12-13(11)17-8-16-12)6-15-7-10-2-1-3-18-10/h1-5,15H,6-8H2. The predicted octanol–water partition coefficient (Wildman–Crippen LogP) is 3.53. The molecule has 0 saturated carbocycles. The summed E-state index contributed by atoms with van der Waals surface area (Å²) in [5.41, 5.74) is 1.18. The first-order valence-corrected chi connectivity index (χ1v) is 7.31. The van der Waals surface area contributed by atoms with Crippen molar-refractivity contribution in [3.63, 3.8) is 0 Å². The van der Waals surface area contributed by atoms with Crippen LogP contribution in [-0.4, -0.2) is 6.79 Å². The molecule has 0 radical (unpaired) electrons. The average molecular weight is 326 g/mol. The Balaban J connectivity index is 1.65. The summed E-state index contributed by atoms with van der Waals surface area (Å²) in [6.45, 7) is 2.01. The van der Waals surface area contributed by atoms with Crippen LogP contribution in [0.1, 0.15) is 10.4 Å². The molecule has 1 aliphatic rings. The Kier molecular flexibility index (Phi) is 3.54. The van der Waals surface area contributed by atoms with E-state index in [0.717, 1.165) is 29.1 Å². The van der Waals surface area contributed by atoms with E-state index in [9.17, 15) is 0 Å². The summed E-state index contributed by atoms with van der Waals surface area (Å²) in [6, 6.07) is 8.29. The van der Waals surface area contributed by atoms with E-state index in [1.54, 1.807) is 11.3 Å². The fourth-order valence-electron chi connectivity index (χ4n) is 1.87. The van der Waals surface area contributed by atoms with Crippen molar-refractivity contribution in [1.82, 2.24) is 5.32 Å². The minimum Gasteiger partial charge on any atom is -0.454 e. The SMILES string of the molecule is Brc1cc(CNCc2cccs2)cc2c1OCO2. The molecule has 3 nitrogen and oxygen atoms in total. The molecule has 5 heteroatoms. The van der Waals surface area contributed by atoms with Crippen LogP contribution in [0, 0.1) is 0 Å². The second-order valence-electron chi connectivity index (χ2n) is 3.99. The molecule has 2 heterocycles. The molecule has 1 aromatic heterocycles. The Morgan fingerprint density at radius 3 is 3.06 bits per heavy atom. The molecule has 0 fully saturated rings. The molecule has 0 aliphatic carbocycles. The van der Waals surface area contributed by atoms with Gasteiger partial charge in [-0.1, -0.05) is 6.07 Å². The van der Waals surface area contributed by atoms with Gasteiger partial charge in [0.15, 0.2) is 11.5 Å². The van der Waals surface area contributed by atoms with E-state index in [4.69, 9.17) is 9.47 Å². The minimum atomic E-state index is 0.306. The van der Waals surface area contributed by atoms with Crippen LogP contribution in [0.3, 0.4) is 0 Å². The molecule has 94 valence electrons. The number of halogens is 1. The first kappa shape index (κ1) is 12.0. The highest BCUT2D eigenvalue weighted by molar-refractivity contribution is 9.10. The molecule has 0 spiro atoms. The number of thiophene rings is 1. The van der Waals surface area contributed by atoms with Gasteiger partial charge >= 0.3 is 0 Å². The molecular weight excluding hydrogens is 314 g/mol. The van der Waals surface area contributed by atoms with E-state index in [2.05, 4.69) is 44.8 Å². The van der Waals surface area contributed by atoms with Crippen molar-refractivity contribution in [2.45, 2.75) is 13.1 Å². The molecular formula is C13H12BrNO2S. The maximum Gasteiger partial charge on any atom is 0.231 e. The Labute approximate surface area is 118 Å². The largest absolute Gasteiger partial charge is 0.454 e. The van der Waals surface area contributed by atoms with Crippen molar-refractivity contribution in [3.05, 3.63) is 44.6 Å². The second kappa shape index (κ2) is 5.30. The lowest BCUT2D eigenvalue weighted by molar-refractivity contribution is 0.173. The second-order valence-corrected chi connectivity index (χ2v) is 5.88. The summed E-state index contributed by atoms with van der Waals surface area (Å²) in [7, 11) is 0. The predicted molar refractivity (Wildman–Crippen MR) is 75.1 cm³/mol. The van der Waals surface area contributed by atoms with Crippen molar-refractivity contribution in [2.24, 2.45) is 0 Å². The number of ether oxygens (including phenoxy) is 2. The van der Waals surface area contributed by atoms with Gasteiger partial charge in [0.1, 0.15) is 0 Å². The van der Waals surface area contributed by atoms with Gasteiger partial charge in [-0.3, -0.25) is 0 Å². The first-order chi connectivity index (χ1) is 8.83. The quantitative estimate of drug-likeness (QED) is 0.932. The van der Waals surface area contributed by atoms with Crippen LogP contribution in [0.25, 0.3) is 0 Å². The molecule has 0 bridgehead atoms. The van der Waals surface area contributed by atoms with Gasteiger partial charge in [-0.15, -0.1) is 11.3 Å². The van der Waals surface area contributed by atoms with Crippen molar-refractivity contribution >= 4 is 27.3 Å². The lowest BCUT2D eigenvalue weighted by Gasteiger charge is -2.06. The van der Waals surface area contributed by atoms with Gasteiger partial charge in [-0.2, -0.15) is 0 Å². The summed E-state index contributed by atoms with van der Waals surface area (Å²) in [6.07, 6.45) is 0. The summed E-state index contributed by atoms with van der Waals surface area (Å²) in [5, 5.41) is 5.51. The highest BCUT2D eigenvalue weighted by Gasteiger charge is 2.17.